The number of aryl methyl sites for hydroxylation is 1. The number of aromatic nitrogens is 3. The summed E-state index contributed by atoms with van der Waals surface area (Å²) in [7, 11) is 1.67. The van der Waals surface area contributed by atoms with Crippen LogP contribution in [0.2, 0.25) is 0 Å². The maximum absolute atomic E-state index is 6.05. The zero-order valence-electron chi connectivity index (χ0n) is 14.5. The fourth-order valence-corrected chi connectivity index (χ4v) is 3.07. The van der Waals surface area contributed by atoms with E-state index in [1.54, 1.807) is 13.3 Å². The number of furan rings is 1. The van der Waals surface area contributed by atoms with Gasteiger partial charge in [-0.25, -0.2) is 9.97 Å². The van der Waals surface area contributed by atoms with Gasteiger partial charge in [-0.2, -0.15) is 0 Å². The molecule has 6 nitrogen and oxygen atoms in total. The Morgan fingerprint density at radius 2 is 2.24 bits per heavy atom. The van der Waals surface area contributed by atoms with E-state index in [0.717, 1.165) is 33.7 Å². The van der Waals surface area contributed by atoms with E-state index in [1.165, 1.54) is 0 Å². The molecule has 0 spiro atoms. The molecule has 0 amide bonds. The quantitative estimate of drug-likeness (QED) is 0.603. The second-order valence-corrected chi connectivity index (χ2v) is 6.12. The minimum absolute atomic E-state index is 0.0659. The topological polar surface area (TPSA) is 64.6 Å². The molecule has 4 aromatic rings. The predicted molar refractivity (Wildman–Crippen MR) is 95.7 cm³/mol. The van der Waals surface area contributed by atoms with Crippen LogP contribution in [0.5, 0.6) is 5.75 Å². The third-order valence-electron chi connectivity index (χ3n) is 4.45. The van der Waals surface area contributed by atoms with Crippen molar-refractivity contribution in [3.8, 4) is 5.75 Å². The second-order valence-electron chi connectivity index (χ2n) is 6.12. The average Bonchev–Trinajstić information content (AvgIpc) is 3.20. The number of nitrogens with one attached hydrogen (secondary N) is 1. The van der Waals surface area contributed by atoms with Gasteiger partial charge in [0.15, 0.2) is 0 Å². The summed E-state index contributed by atoms with van der Waals surface area (Å²) < 4.78 is 13.3. The number of rotatable bonds is 5. The number of fused-ring (bicyclic) bond motifs is 2. The van der Waals surface area contributed by atoms with Gasteiger partial charge >= 0.3 is 0 Å². The van der Waals surface area contributed by atoms with Crippen molar-refractivity contribution in [2.45, 2.75) is 26.4 Å². The van der Waals surface area contributed by atoms with Gasteiger partial charge in [-0.3, -0.25) is 4.40 Å². The molecule has 0 aliphatic rings. The molecule has 0 radical (unpaired) electrons. The van der Waals surface area contributed by atoms with Crippen molar-refractivity contribution in [1.82, 2.24) is 19.7 Å². The van der Waals surface area contributed by atoms with Gasteiger partial charge in [-0.05, 0) is 38.1 Å². The molecule has 0 aliphatic heterocycles. The molecular weight excluding hydrogens is 316 g/mol. The highest BCUT2D eigenvalue weighted by molar-refractivity contribution is 5.83. The fourth-order valence-electron chi connectivity index (χ4n) is 3.07. The maximum Gasteiger partial charge on any atom is 0.233 e. The van der Waals surface area contributed by atoms with Crippen molar-refractivity contribution >= 4 is 16.7 Å². The highest BCUT2D eigenvalue weighted by atomic mass is 16.5. The molecule has 0 fully saturated rings. The van der Waals surface area contributed by atoms with Crippen LogP contribution in [0.3, 0.4) is 0 Å². The molecule has 25 heavy (non-hydrogen) atoms. The monoisotopic (exact) mass is 336 g/mol. The lowest BCUT2D eigenvalue weighted by Crippen LogP contribution is -2.18. The highest BCUT2D eigenvalue weighted by Gasteiger charge is 2.17. The summed E-state index contributed by atoms with van der Waals surface area (Å²) in [4.78, 5) is 8.75. The lowest BCUT2D eigenvalue weighted by atomic mass is 10.1. The van der Waals surface area contributed by atoms with Gasteiger partial charge in [-0.1, -0.05) is 0 Å². The summed E-state index contributed by atoms with van der Waals surface area (Å²) in [5.41, 5.74) is 2.95. The van der Waals surface area contributed by atoms with Gasteiger partial charge in [0.2, 0.25) is 5.78 Å². The van der Waals surface area contributed by atoms with E-state index in [1.807, 2.05) is 41.1 Å². The molecule has 1 unspecified atom stereocenters. The number of methoxy groups -OCH3 is 1. The summed E-state index contributed by atoms with van der Waals surface area (Å²) in [6.45, 7) is 4.81. The number of imidazole rings is 1. The SMILES string of the molecule is COc1ccc2oc(C(C)NCc3cn4cccnc4n3)c(C)c2c1. The van der Waals surface area contributed by atoms with Crippen LogP contribution in [0.15, 0.2) is 47.3 Å². The Hall–Kier alpha value is -2.86. The van der Waals surface area contributed by atoms with Crippen molar-refractivity contribution in [3.05, 3.63) is 59.9 Å². The summed E-state index contributed by atoms with van der Waals surface area (Å²) >= 11 is 0. The molecule has 3 aromatic heterocycles. The lowest BCUT2D eigenvalue weighted by Gasteiger charge is -2.11. The average molecular weight is 336 g/mol. The van der Waals surface area contributed by atoms with E-state index in [9.17, 15) is 0 Å². The Bertz CT molecular complexity index is 1000. The van der Waals surface area contributed by atoms with Crippen LogP contribution in [-0.4, -0.2) is 21.5 Å². The standard InChI is InChI=1S/C19H20N4O2/c1-12-16-9-15(24-3)5-6-17(16)25-18(12)13(2)21-10-14-11-23-8-4-7-20-19(23)22-14/h4-9,11,13,21H,10H2,1-3H3. The molecule has 0 aliphatic carbocycles. The van der Waals surface area contributed by atoms with Crippen LogP contribution in [0, 0.1) is 6.92 Å². The van der Waals surface area contributed by atoms with Crippen LogP contribution < -0.4 is 10.1 Å². The molecule has 0 saturated heterocycles. The third-order valence-corrected chi connectivity index (χ3v) is 4.45. The second kappa shape index (κ2) is 6.22. The number of benzene rings is 1. The molecule has 6 heteroatoms. The van der Waals surface area contributed by atoms with Crippen LogP contribution in [0.25, 0.3) is 16.7 Å². The Balaban J connectivity index is 1.55. The summed E-state index contributed by atoms with van der Waals surface area (Å²) in [6, 6.07) is 7.83. The van der Waals surface area contributed by atoms with E-state index < -0.39 is 0 Å². The molecule has 1 atom stereocenters. The van der Waals surface area contributed by atoms with Gasteiger partial charge in [0, 0.05) is 36.1 Å². The van der Waals surface area contributed by atoms with Crippen molar-refractivity contribution in [2.24, 2.45) is 0 Å². The number of hydrogen-bond acceptors (Lipinski definition) is 5. The van der Waals surface area contributed by atoms with Crippen LogP contribution in [0.4, 0.5) is 0 Å². The fraction of sp³-hybridized carbons (Fsp3) is 0.263. The molecule has 0 bridgehead atoms. The van der Waals surface area contributed by atoms with Crippen molar-refractivity contribution in [2.75, 3.05) is 7.11 Å². The first kappa shape index (κ1) is 15.7. The number of hydrogen-bond donors (Lipinski definition) is 1. The van der Waals surface area contributed by atoms with E-state index in [0.29, 0.717) is 12.3 Å². The van der Waals surface area contributed by atoms with Gasteiger partial charge in [0.1, 0.15) is 17.1 Å². The van der Waals surface area contributed by atoms with E-state index in [2.05, 4.69) is 29.1 Å². The van der Waals surface area contributed by atoms with Crippen LogP contribution in [-0.2, 0) is 6.54 Å². The number of nitrogens with zero attached hydrogens (tertiary/aromatic N) is 3. The van der Waals surface area contributed by atoms with Crippen LogP contribution in [0.1, 0.15) is 30.0 Å². The summed E-state index contributed by atoms with van der Waals surface area (Å²) in [5.74, 6) is 2.48. The Morgan fingerprint density at radius 3 is 3.04 bits per heavy atom. The zero-order valence-corrected chi connectivity index (χ0v) is 14.5. The minimum atomic E-state index is 0.0659. The smallest absolute Gasteiger partial charge is 0.233 e. The van der Waals surface area contributed by atoms with Crippen molar-refractivity contribution < 1.29 is 9.15 Å². The molecule has 128 valence electrons. The molecule has 4 rings (SSSR count). The van der Waals surface area contributed by atoms with Crippen molar-refractivity contribution in [1.29, 1.82) is 0 Å². The normalized spacial score (nSPS) is 12.8. The first-order chi connectivity index (χ1) is 12.2. The zero-order chi connectivity index (χ0) is 17.4. The first-order valence-corrected chi connectivity index (χ1v) is 8.24. The molecule has 1 aromatic carbocycles. The van der Waals surface area contributed by atoms with Gasteiger partial charge in [-0.15, -0.1) is 0 Å². The minimum Gasteiger partial charge on any atom is -0.497 e. The van der Waals surface area contributed by atoms with E-state index >= 15 is 0 Å². The third kappa shape index (κ3) is 2.85. The molecule has 3 heterocycles. The van der Waals surface area contributed by atoms with Gasteiger partial charge < -0.3 is 14.5 Å². The molecule has 0 saturated carbocycles. The van der Waals surface area contributed by atoms with Gasteiger partial charge in [0.05, 0.1) is 18.8 Å². The summed E-state index contributed by atoms with van der Waals surface area (Å²) in [6.07, 6.45) is 5.67. The molecule has 1 N–H and O–H groups in total. The highest BCUT2D eigenvalue weighted by Crippen LogP contribution is 2.31. The van der Waals surface area contributed by atoms with E-state index in [-0.39, 0.29) is 6.04 Å². The Kier molecular flexibility index (Phi) is 3.89. The van der Waals surface area contributed by atoms with E-state index in [4.69, 9.17) is 9.15 Å². The lowest BCUT2D eigenvalue weighted by molar-refractivity contribution is 0.415. The van der Waals surface area contributed by atoms with Gasteiger partial charge in [0.25, 0.3) is 0 Å². The predicted octanol–water partition coefficient (Wildman–Crippen LogP) is 3.64. The Morgan fingerprint density at radius 1 is 1.36 bits per heavy atom. The number of ether oxygens (including phenoxy) is 1. The first-order valence-electron chi connectivity index (χ1n) is 8.24. The molecular formula is C19H20N4O2. The van der Waals surface area contributed by atoms with Crippen LogP contribution >= 0.6 is 0 Å². The maximum atomic E-state index is 6.05. The Labute approximate surface area is 145 Å². The largest absolute Gasteiger partial charge is 0.497 e. The van der Waals surface area contributed by atoms with Crippen molar-refractivity contribution in [3.63, 3.8) is 0 Å². The summed E-state index contributed by atoms with van der Waals surface area (Å²) in [5, 5.41) is 4.56.